The van der Waals surface area contributed by atoms with E-state index in [1.807, 2.05) is 0 Å². The summed E-state index contributed by atoms with van der Waals surface area (Å²) in [6, 6.07) is 0.738. The van der Waals surface area contributed by atoms with Gasteiger partial charge in [0.25, 0.3) is 0 Å². The van der Waals surface area contributed by atoms with E-state index in [9.17, 15) is 0 Å². The van der Waals surface area contributed by atoms with Gasteiger partial charge in [-0.1, -0.05) is 20.3 Å². The van der Waals surface area contributed by atoms with Crippen LogP contribution in [0.25, 0.3) is 0 Å². The summed E-state index contributed by atoms with van der Waals surface area (Å²) in [5.74, 6) is 2.20. The maximum absolute atomic E-state index is 3.47. The van der Waals surface area contributed by atoms with Crippen LogP contribution in [0.4, 0.5) is 0 Å². The molecule has 0 aromatic heterocycles. The molecule has 1 heterocycles. The van der Waals surface area contributed by atoms with Crippen LogP contribution in [0.3, 0.4) is 0 Å². The summed E-state index contributed by atoms with van der Waals surface area (Å²) in [6.45, 7) is 4.65. The fourth-order valence-electron chi connectivity index (χ4n) is 1.98. The summed E-state index contributed by atoms with van der Waals surface area (Å²) in [4.78, 5) is 0. The predicted molar refractivity (Wildman–Crippen MR) is 57.8 cm³/mol. The Kier molecular flexibility index (Phi) is 4.44. The fourth-order valence-corrected chi connectivity index (χ4v) is 3.56. The van der Waals surface area contributed by atoms with Crippen LogP contribution in [-0.4, -0.2) is 24.1 Å². The van der Waals surface area contributed by atoms with E-state index in [-0.39, 0.29) is 0 Å². The van der Waals surface area contributed by atoms with Gasteiger partial charge in [0.2, 0.25) is 0 Å². The largest absolute Gasteiger partial charge is 0.316 e. The average Bonchev–Trinajstić information content (AvgIpc) is 2.58. The number of rotatable bonds is 4. The first-order valence-corrected chi connectivity index (χ1v) is 6.13. The fraction of sp³-hybridized carbons (Fsp3) is 1.00. The Balaban J connectivity index is 2.42. The minimum absolute atomic E-state index is 0.738. The SMILES string of the molecule is CCC(C)C(NC)C1CCCS1. The lowest BCUT2D eigenvalue weighted by molar-refractivity contribution is 0.374. The monoisotopic (exact) mass is 187 g/mol. The van der Waals surface area contributed by atoms with Crippen molar-refractivity contribution in [3.8, 4) is 0 Å². The normalized spacial score (nSPS) is 28.8. The van der Waals surface area contributed by atoms with Gasteiger partial charge in [0.15, 0.2) is 0 Å². The summed E-state index contributed by atoms with van der Waals surface area (Å²) >= 11 is 2.16. The molecule has 3 unspecified atom stereocenters. The smallest absolute Gasteiger partial charge is 0.0209 e. The Bertz CT molecular complexity index is 121. The topological polar surface area (TPSA) is 12.0 Å². The summed E-state index contributed by atoms with van der Waals surface area (Å²) in [5, 5.41) is 4.35. The Morgan fingerprint density at radius 2 is 2.33 bits per heavy atom. The molecule has 1 aliphatic rings. The predicted octanol–water partition coefficient (Wildman–Crippen LogP) is 2.52. The highest BCUT2D eigenvalue weighted by molar-refractivity contribution is 8.00. The minimum atomic E-state index is 0.738. The first-order valence-electron chi connectivity index (χ1n) is 5.08. The maximum atomic E-state index is 3.47. The first kappa shape index (κ1) is 10.4. The summed E-state index contributed by atoms with van der Waals surface area (Å²) < 4.78 is 0. The molecule has 0 bridgehead atoms. The molecule has 72 valence electrons. The lowest BCUT2D eigenvalue weighted by Crippen LogP contribution is -2.39. The van der Waals surface area contributed by atoms with Crippen LogP contribution in [0.15, 0.2) is 0 Å². The molecular formula is C10H21NS. The number of thioether (sulfide) groups is 1. The molecule has 0 amide bonds. The highest BCUT2D eigenvalue weighted by Crippen LogP contribution is 2.31. The van der Waals surface area contributed by atoms with Crippen molar-refractivity contribution in [3.63, 3.8) is 0 Å². The van der Waals surface area contributed by atoms with Crippen LogP contribution >= 0.6 is 11.8 Å². The van der Waals surface area contributed by atoms with Crippen molar-refractivity contribution >= 4 is 11.8 Å². The van der Waals surface area contributed by atoms with Crippen LogP contribution in [0.2, 0.25) is 0 Å². The Labute approximate surface area is 80.7 Å². The van der Waals surface area contributed by atoms with Gasteiger partial charge in [-0.2, -0.15) is 11.8 Å². The van der Waals surface area contributed by atoms with Gasteiger partial charge in [-0.15, -0.1) is 0 Å². The Morgan fingerprint density at radius 1 is 1.58 bits per heavy atom. The van der Waals surface area contributed by atoms with Crippen LogP contribution in [0, 0.1) is 5.92 Å². The molecule has 12 heavy (non-hydrogen) atoms. The van der Waals surface area contributed by atoms with Crippen molar-refractivity contribution < 1.29 is 0 Å². The molecule has 0 radical (unpaired) electrons. The zero-order valence-electron chi connectivity index (χ0n) is 8.47. The number of hydrogen-bond donors (Lipinski definition) is 1. The highest BCUT2D eigenvalue weighted by atomic mass is 32.2. The number of nitrogens with one attached hydrogen (secondary N) is 1. The van der Waals surface area contributed by atoms with Crippen LogP contribution in [0.1, 0.15) is 33.1 Å². The zero-order chi connectivity index (χ0) is 8.97. The lowest BCUT2D eigenvalue weighted by Gasteiger charge is -2.27. The van der Waals surface area contributed by atoms with Gasteiger partial charge < -0.3 is 5.32 Å². The zero-order valence-corrected chi connectivity index (χ0v) is 9.29. The second kappa shape index (κ2) is 5.13. The van der Waals surface area contributed by atoms with Crippen LogP contribution in [0.5, 0.6) is 0 Å². The maximum Gasteiger partial charge on any atom is 0.0209 e. The molecule has 1 rings (SSSR count). The van der Waals surface area contributed by atoms with Crippen LogP contribution < -0.4 is 5.32 Å². The minimum Gasteiger partial charge on any atom is -0.316 e. The van der Waals surface area contributed by atoms with Crippen molar-refractivity contribution in [2.24, 2.45) is 5.92 Å². The molecule has 3 atom stereocenters. The first-order chi connectivity index (χ1) is 5.79. The van der Waals surface area contributed by atoms with Crippen molar-refractivity contribution in [2.45, 2.75) is 44.4 Å². The van der Waals surface area contributed by atoms with Crippen molar-refractivity contribution in [3.05, 3.63) is 0 Å². The Hall–Kier alpha value is 0.310. The van der Waals surface area contributed by atoms with Gasteiger partial charge in [-0.05, 0) is 31.6 Å². The molecule has 1 nitrogen and oxygen atoms in total. The molecule has 0 spiro atoms. The molecule has 1 saturated heterocycles. The summed E-state index contributed by atoms with van der Waals surface area (Å²) in [7, 11) is 2.11. The van der Waals surface area contributed by atoms with Gasteiger partial charge in [0, 0.05) is 11.3 Å². The highest BCUT2D eigenvalue weighted by Gasteiger charge is 2.27. The van der Waals surface area contributed by atoms with E-state index in [2.05, 4.69) is 38.0 Å². The van der Waals surface area contributed by atoms with Gasteiger partial charge in [-0.25, -0.2) is 0 Å². The molecule has 1 fully saturated rings. The van der Waals surface area contributed by atoms with Gasteiger partial charge in [0.05, 0.1) is 0 Å². The van der Waals surface area contributed by atoms with E-state index >= 15 is 0 Å². The number of hydrogen-bond acceptors (Lipinski definition) is 2. The van der Waals surface area contributed by atoms with Crippen molar-refractivity contribution in [2.75, 3.05) is 12.8 Å². The molecule has 1 N–H and O–H groups in total. The third kappa shape index (κ3) is 2.40. The van der Waals surface area contributed by atoms with Crippen molar-refractivity contribution in [1.82, 2.24) is 5.32 Å². The van der Waals surface area contributed by atoms with E-state index in [1.165, 1.54) is 25.0 Å². The molecule has 1 aliphatic heterocycles. The molecular weight excluding hydrogens is 166 g/mol. The molecule has 0 aromatic rings. The summed E-state index contributed by atoms with van der Waals surface area (Å²) in [5.41, 5.74) is 0. The summed E-state index contributed by atoms with van der Waals surface area (Å²) in [6.07, 6.45) is 4.13. The second-order valence-corrected chi connectivity index (χ2v) is 5.10. The van der Waals surface area contributed by atoms with E-state index in [4.69, 9.17) is 0 Å². The Morgan fingerprint density at radius 3 is 2.75 bits per heavy atom. The van der Waals surface area contributed by atoms with Gasteiger partial charge in [-0.3, -0.25) is 0 Å². The second-order valence-electron chi connectivity index (χ2n) is 3.75. The van der Waals surface area contributed by atoms with Gasteiger partial charge >= 0.3 is 0 Å². The van der Waals surface area contributed by atoms with Crippen molar-refractivity contribution in [1.29, 1.82) is 0 Å². The third-order valence-electron chi connectivity index (χ3n) is 2.96. The van der Waals surface area contributed by atoms with E-state index in [0.717, 1.165) is 17.2 Å². The van der Waals surface area contributed by atoms with E-state index in [0.29, 0.717) is 0 Å². The third-order valence-corrected chi connectivity index (χ3v) is 4.44. The van der Waals surface area contributed by atoms with E-state index < -0.39 is 0 Å². The van der Waals surface area contributed by atoms with Gasteiger partial charge in [0.1, 0.15) is 0 Å². The standard InChI is InChI=1S/C10H21NS/c1-4-8(2)10(11-3)9-6-5-7-12-9/h8-11H,4-7H2,1-3H3. The molecule has 2 heteroatoms. The molecule has 0 aliphatic carbocycles. The quantitative estimate of drug-likeness (QED) is 0.726. The van der Waals surface area contributed by atoms with Crippen LogP contribution in [-0.2, 0) is 0 Å². The lowest BCUT2D eigenvalue weighted by atomic mass is 9.94. The van der Waals surface area contributed by atoms with E-state index in [1.54, 1.807) is 0 Å². The average molecular weight is 187 g/mol. The molecule has 0 aromatic carbocycles. The molecule has 0 saturated carbocycles.